The summed E-state index contributed by atoms with van der Waals surface area (Å²) in [7, 11) is 0. The molecular weight excluding hydrogens is 174 g/mol. The van der Waals surface area contributed by atoms with Crippen molar-refractivity contribution in [1.82, 2.24) is 0 Å². The smallest absolute Gasteiger partial charge is 0.0876 e. The maximum atomic E-state index is 6.25. The highest BCUT2D eigenvalue weighted by Crippen LogP contribution is 2.36. The van der Waals surface area contributed by atoms with Crippen molar-refractivity contribution in [2.45, 2.75) is 45.1 Å². The summed E-state index contributed by atoms with van der Waals surface area (Å²) in [5.41, 5.74) is 7.58. The fraction of sp³-hybridized carbons (Fsp3) is 0.833. The second kappa shape index (κ2) is 4.35. The predicted molar refractivity (Wildman–Crippen MR) is 57.7 cm³/mol. The molecule has 2 atom stereocenters. The highest BCUT2D eigenvalue weighted by molar-refractivity contribution is 5.11. The molecule has 0 bridgehead atoms. The van der Waals surface area contributed by atoms with E-state index in [1.807, 2.05) is 6.26 Å². The van der Waals surface area contributed by atoms with Crippen LogP contribution >= 0.6 is 0 Å². The molecule has 2 nitrogen and oxygen atoms in total. The number of nitrogens with two attached hydrogens (primary N) is 1. The summed E-state index contributed by atoms with van der Waals surface area (Å²) in [6.45, 7) is 3.16. The quantitative estimate of drug-likeness (QED) is 0.750. The van der Waals surface area contributed by atoms with E-state index < -0.39 is 0 Å². The molecule has 1 aliphatic heterocycles. The Morgan fingerprint density at radius 1 is 1.43 bits per heavy atom. The molecule has 1 saturated carbocycles. The van der Waals surface area contributed by atoms with Crippen LogP contribution in [0.15, 0.2) is 11.8 Å². The van der Waals surface area contributed by atoms with Crippen LogP contribution in [0, 0.1) is 11.8 Å². The minimum Gasteiger partial charge on any atom is -0.501 e. The first kappa shape index (κ1) is 10.0. The van der Waals surface area contributed by atoms with Gasteiger partial charge in [-0.1, -0.05) is 26.2 Å². The van der Waals surface area contributed by atoms with Crippen LogP contribution in [0.25, 0.3) is 0 Å². The molecule has 0 amide bonds. The lowest BCUT2D eigenvalue weighted by molar-refractivity contribution is 0.184. The molecule has 2 aliphatic rings. The second-order valence-electron chi connectivity index (χ2n) is 4.74. The first-order chi connectivity index (χ1) is 6.79. The molecule has 2 N–H and O–H groups in total. The van der Waals surface area contributed by atoms with Crippen molar-refractivity contribution in [1.29, 1.82) is 0 Å². The molecule has 0 aromatic rings. The molecular formula is C12H21NO. The summed E-state index contributed by atoms with van der Waals surface area (Å²) in [6.07, 6.45) is 8.34. The Labute approximate surface area is 86.5 Å². The molecule has 2 heteroatoms. The molecule has 80 valence electrons. The maximum absolute atomic E-state index is 6.25. The molecule has 2 rings (SSSR count). The largest absolute Gasteiger partial charge is 0.501 e. The van der Waals surface area contributed by atoms with Crippen molar-refractivity contribution >= 4 is 0 Å². The zero-order chi connectivity index (χ0) is 9.97. The van der Waals surface area contributed by atoms with E-state index in [-0.39, 0.29) is 6.04 Å². The van der Waals surface area contributed by atoms with E-state index in [0.29, 0.717) is 5.92 Å². The van der Waals surface area contributed by atoms with E-state index in [0.717, 1.165) is 25.4 Å². The van der Waals surface area contributed by atoms with Crippen LogP contribution in [-0.2, 0) is 4.74 Å². The van der Waals surface area contributed by atoms with Crippen LogP contribution in [0.5, 0.6) is 0 Å². The van der Waals surface area contributed by atoms with E-state index in [1.54, 1.807) is 0 Å². The standard InChI is InChI=1S/C12H21NO/c1-9(10-4-2-5-10)12(13)11-6-3-7-14-8-11/h8-10,12H,2-7,13H2,1H3. The average molecular weight is 195 g/mol. The third-order valence-electron chi connectivity index (χ3n) is 3.85. The van der Waals surface area contributed by atoms with Gasteiger partial charge in [-0.05, 0) is 30.3 Å². The normalized spacial score (nSPS) is 27.1. The number of ether oxygens (including phenoxy) is 1. The Morgan fingerprint density at radius 2 is 2.21 bits per heavy atom. The first-order valence-corrected chi connectivity index (χ1v) is 5.85. The lowest BCUT2D eigenvalue weighted by Gasteiger charge is -2.36. The van der Waals surface area contributed by atoms with Gasteiger partial charge in [-0.3, -0.25) is 0 Å². The molecule has 0 radical (unpaired) electrons. The maximum Gasteiger partial charge on any atom is 0.0876 e. The molecule has 0 aromatic heterocycles. The molecule has 2 unspecified atom stereocenters. The monoisotopic (exact) mass is 195 g/mol. The molecule has 1 aliphatic carbocycles. The number of rotatable bonds is 3. The third kappa shape index (κ3) is 1.95. The van der Waals surface area contributed by atoms with E-state index in [1.165, 1.54) is 24.8 Å². The first-order valence-electron chi connectivity index (χ1n) is 5.85. The molecule has 0 aromatic carbocycles. The summed E-state index contributed by atoms with van der Waals surface area (Å²) in [4.78, 5) is 0. The van der Waals surface area contributed by atoms with Gasteiger partial charge in [0.05, 0.1) is 12.9 Å². The van der Waals surface area contributed by atoms with Gasteiger partial charge in [0.15, 0.2) is 0 Å². The van der Waals surface area contributed by atoms with E-state index >= 15 is 0 Å². The fourth-order valence-electron chi connectivity index (χ4n) is 2.43. The molecule has 1 heterocycles. The Morgan fingerprint density at radius 3 is 2.71 bits per heavy atom. The lowest BCUT2D eigenvalue weighted by atomic mass is 9.72. The molecule has 0 saturated heterocycles. The van der Waals surface area contributed by atoms with Gasteiger partial charge in [-0.15, -0.1) is 0 Å². The number of hydrogen-bond acceptors (Lipinski definition) is 2. The number of hydrogen-bond donors (Lipinski definition) is 1. The van der Waals surface area contributed by atoms with Crippen LogP contribution in [0.2, 0.25) is 0 Å². The summed E-state index contributed by atoms with van der Waals surface area (Å²) in [6, 6.07) is 0.237. The average Bonchev–Trinajstić information content (AvgIpc) is 2.15. The van der Waals surface area contributed by atoms with Gasteiger partial charge in [-0.25, -0.2) is 0 Å². The highest BCUT2D eigenvalue weighted by Gasteiger charge is 2.30. The van der Waals surface area contributed by atoms with Crippen molar-refractivity contribution < 1.29 is 4.74 Å². The van der Waals surface area contributed by atoms with Crippen molar-refractivity contribution in [2.24, 2.45) is 17.6 Å². The summed E-state index contributed by atoms with van der Waals surface area (Å²) < 4.78 is 5.34. The van der Waals surface area contributed by atoms with Gasteiger partial charge < -0.3 is 10.5 Å². The van der Waals surface area contributed by atoms with E-state index in [9.17, 15) is 0 Å². The van der Waals surface area contributed by atoms with Crippen LogP contribution < -0.4 is 5.73 Å². The van der Waals surface area contributed by atoms with Crippen LogP contribution in [0.3, 0.4) is 0 Å². The Hall–Kier alpha value is -0.500. The van der Waals surface area contributed by atoms with Gasteiger partial charge in [0.25, 0.3) is 0 Å². The summed E-state index contributed by atoms with van der Waals surface area (Å²) in [5, 5.41) is 0. The molecule has 14 heavy (non-hydrogen) atoms. The van der Waals surface area contributed by atoms with E-state index in [2.05, 4.69) is 6.92 Å². The van der Waals surface area contributed by atoms with Crippen molar-refractivity contribution in [3.63, 3.8) is 0 Å². The van der Waals surface area contributed by atoms with Gasteiger partial charge in [0.2, 0.25) is 0 Å². The predicted octanol–water partition coefficient (Wildman–Crippen LogP) is 2.44. The topological polar surface area (TPSA) is 35.2 Å². The third-order valence-corrected chi connectivity index (χ3v) is 3.85. The lowest BCUT2D eigenvalue weighted by Crippen LogP contribution is -2.38. The van der Waals surface area contributed by atoms with Crippen LogP contribution in [0.4, 0.5) is 0 Å². The van der Waals surface area contributed by atoms with Gasteiger partial charge in [0.1, 0.15) is 0 Å². The summed E-state index contributed by atoms with van der Waals surface area (Å²) >= 11 is 0. The zero-order valence-electron chi connectivity index (χ0n) is 9.04. The minimum absolute atomic E-state index is 0.237. The van der Waals surface area contributed by atoms with Gasteiger partial charge in [0, 0.05) is 6.04 Å². The Kier molecular flexibility index (Phi) is 3.12. The Bertz CT molecular complexity index is 220. The second-order valence-corrected chi connectivity index (χ2v) is 4.74. The van der Waals surface area contributed by atoms with Crippen LogP contribution in [0.1, 0.15) is 39.0 Å². The van der Waals surface area contributed by atoms with Crippen molar-refractivity contribution in [3.05, 3.63) is 11.8 Å². The van der Waals surface area contributed by atoms with Gasteiger partial charge >= 0.3 is 0 Å². The minimum atomic E-state index is 0.237. The van der Waals surface area contributed by atoms with E-state index in [4.69, 9.17) is 10.5 Å². The van der Waals surface area contributed by atoms with Crippen molar-refractivity contribution in [3.8, 4) is 0 Å². The van der Waals surface area contributed by atoms with Gasteiger partial charge in [-0.2, -0.15) is 0 Å². The van der Waals surface area contributed by atoms with Crippen molar-refractivity contribution in [2.75, 3.05) is 6.61 Å². The summed E-state index contributed by atoms with van der Waals surface area (Å²) in [5.74, 6) is 1.50. The molecule has 0 spiro atoms. The van der Waals surface area contributed by atoms with Crippen LogP contribution in [-0.4, -0.2) is 12.6 Å². The Balaban J connectivity index is 1.91. The highest BCUT2D eigenvalue weighted by atomic mass is 16.5. The fourth-order valence-corrected chi connectivity index (χ4v) is 2.43. The zero-order valence-corrected chi connectivity index (χ0v) is 9.04. The molecule has 1 fully saturated rings. The SMILES string of the molecule is CC(C1CCC1)C(N)C1=COCCC1.